The van der Waals surface area contributed by atoms with E-state index in [1.165, 1.54) is 19.6 Å². The van der Waals surface area contributed by atoms with Crippen LogP contribution in [0.1, 0.15) is 34.9 Å². The summed E-state index contributed by atoms with van der Waals surface area (Å²) < 4.78 is 11.1. The number of rotatable bonds is 10. The zero-order chi connectivity index (χ0) is 26.5. The topological polar surface area (TPSA) is 136 Å². The number of benzene rings is 2. The second kappa shape index (κ2) is 11.2. The summed E-state index contributed by atoms with van der Waals surface area (Å²) in [6.07, 6.45) is 0. The molecule has 0 aliphatic rings. The first-order valence-electron chi connectivity index (χ1n) is 11.4. The Morgan fingerprint density at radius 2 is 1.84 bits per heavy atom. The minimum atomic E-state index is -1.14. The number of Topliss-reactive ketones (excluding diaryl/α,β-unsaturated/α-hetero) is 1. The normalized spacial score (nSPS) is 12.6. The molecule has 0 aliphatic heterocycles. The Hall–Kier alpha value is -4.22. The number of carbonyl (C=O) groups excluding carboxylic acids is 2. The molecule has 37 heavy (non-hydrogen) atoms. The Morgan fingerprint density at radius 1 is 1.14 bits per heavy atom. The number of hydrogen-bond acceptors (Lipinski definition) is 8. The van der Waals surface area contributed by atoms with Crippen molar-refractivity contribution in [2.24, 2.45) is 0 Å². The SMILES string of the molecule is COCC(=O)c1csc(NC(=O)[C@H]([C@@H](C)c2ccccc2)n2c(O)c(-c3ccc(OC)cc3)[nH]c2=O)n1. The van der Waals surface area contributed by atoms with E-state index in [4.69, 9.17) is 9.47 Å². The smallest absolute Gasteiger partial charge is 0.329 e. The minimum Gasteiger partial charge on any atom is -0.497 e. The molecular formula is C26H26N4O6S. The van der Waals surface area contributed by atoms with Crippen molar-refractivity contribution in [3.8, 4) is 22.9 Å². The van der Waals surface area contributed by atoms with E-state index < -0.39 is 23.6 Å². The Bertz CT molecular complexity index is 1440. The van der Waals surface area contributed by atoms with Gasteiger partial charge in [-0.2, -0.15) is 0 Å². The first-order chi connectivity index (χ1) is 17.8. The molecule has 0 saturated heterocycles. The first-order valence-corrected chi connectivity index (χ1v) is 12.2. The van der Waals surface area contributed by atoms with Gasteiger partial charge in [0.1, 0.15) is 29.8 Å². The molecule has 2 aromatic carbocycles. The Kier molecular flexibility index (Phi) is 7.85. The molecule has 1 amide bonds. The molecule has 10 nitrogen and oxygen atoms in total. The summed E-state index contributed by atoms with van der Waals surface area (Å²) in [6, 6.07) is 14.8. The van der Waals surface area contributed by atoms with Crippen LogP contribution in [0.3, 0.4) is 0 Å². The number of aromatic nitrogens is 3. The fraction of sp³-hybridized carbons (Fsp3) is 0.231. The van der Waals surface area contributed by atoms with Crippen LogP contribution in [0, 0.1) is 0 Å². The summed E-state index contributed by atoms with van der Waals surface area (Å²) in [5, 5.41) is 15.6. The number of methoxy groups -OCH3 is 2. The number of hydrogen-bond donors (Lipinski definition) is 3. The van der Waals surface area contributed by atoms with Gasteiger partial charge in [0.15, 0.2) is 5.13 Å². The lowest BCUT2D eigenvalue weighted by Crippen LogP contribution is -2.35. The molecule has 2 heterocycles. The lowest BCUT2D eigenvalue weighted by atomic mass is 9.92. The lowest BCUT2D eigenvalue weighted by Gasteiger charge is -2.24. The standard InChI is InChI=1S/C26H26N4O6S/c1-15(16-7-5-4-6-8-16)22(23(32)29-25-27-19(14-37-25)20(31)13-35-2)30-24(33)21(28-26(30)34)17-9-11-18(36-3)12-10-17/h4-12,14-15,22,33H,13H2,1-3H3,(H,28,34)(H,27,29,32)/t15-,22-/m0/s1. The summed E-state index contributed by atoms with van der Waals surface area (Å²) in [7, 11) is 2.95. The fourth-order valence-electron chi connectivity index (χ4n) is 4.01. The van der Waals surface area contributed by atoms with Crippen LogP contribution in [0.5, 0.6) is 11.6 Å². The zero-order valence-corrected chi connectivity index (χ0v) is 21.2. The van der Waals surface area contributed by atoms with E-state index in [1.54, 1.807) is 31.2 Å². The average molecular weight is 523 g/mol. The van der Waals surface area contributed by atoms with Crippen molar-refractivity contribution in [3.63, 3.8) is 0 Å². The number of thiazole rings is 1. The van der Waals surface area contributed by atoms with Gasteiger partial charge in [0.05, 0.1) is 7.11 Å². The highest BCUT2D eigenvalue weighted by molar-refractivity contribution is 7.14. The van der Waals surface area contributed by atoms with E-state index in [9.17, 15) is 19.5 Å². The Labute approximate surface area is 216 Å². The lowest BCUT2D eigenvalue weighted by molar-refractivity contribution is -0.120. The molecule has 3 N–H and O–H groups in total. The van der Waals surface area contributed by atoms with Crippen molar-refractivity contribution >= 4 is 28.2 Å². The summed E-state index contributed by atoms with van der Waals surface area (Å²) in [5.41, 5.74) is 1.02. The van der Waals surface area contributed by atoms with Gasteiger partial charge >= 0.3 is 5.69 Å². The highest BCUT2D eigenvalue weighted by Crippen LogP contribution is 2.35. The summed E-state index contributed by atoms with van der Waals surface area (Å²) in [5.74, 6) is -1.18. The van der Waals surface area contributed by atoms with Crippen molar-refractivity contribution in [3.05, 3.63) is 81.7 Å². The molecule has 0 bridgehead atoms. The summed E-state index contributed by atoms with van der Waals surface area (Å²) in [6.45, 7) is 1.66. The zero-order valence-electron chi connectivity index (χ0n) is 20.4. The molecule has 11 heteroatoms. The van der Waals surface area contributed by atoms with Gasteiger partial charge in [0.25, 0.3) is 0 Å². The molecule has 4 aromatic rings. The molecule has 192 valence electrons. The third-order valence-electron chi connectivity index (χ3n) is 5.92. The number of ether oxygens (including phenoxy) is 2. The maximum Gasteiger partial charge on any atom is 0.329 e. The highest BCUT2D eigenvalue weighted by atomic mass is 32.1. The molecule has 0 fully saturated rings. The monoisotopic (exact) mass is 522 g/mol. The maximum absolute atomic E-state index is 13.6. The largest absolute Gasteiger partial charge is 0.497 e. The number of aromatic hydroxyl groups is 1. The molecule has 0 spiro atoms. The van der Waals surface area contributed by atoms with Crippen molar-refractivity contribution < 1.29 is 24.2 Å². The van der Waals surface area contributed by atoms with E-state index in [1.807, 2.05) is 30.3 Å². The van der Waals surface area contributed by atoms with Crippen LogP contribution in [0.4, 0.5) is 5.13 Å². The van der Waals surface area contributed by atoms with Gasteiger partial charge in [-0.3, -0.25) is 9.59 Å². The van der Waals surface area contributed by atoms with E-state index >= 15 is 0 Å². The maximum atomic E-state index is 13.6. The number of imidazole rings is 1. The quantitative estimate of drug-likeness (QED) is 0.269. The number of ketones is 1. The van der Waals surface area contributed by atoms with Crippen LogP contribution in [0.25, 0.3) is 11.3 Å². The van der Waals surface area contributed by atoms with Crippen molar-refractivity contribution in [1.82, 2.24) is 14.5 Å². The molecule has 0 saturated carbocycles. The van der Waals surface area contributed by atoms with Crippen LogP contribution in [-0.4, -0.2) is 52.2 Å². The second-order valence-electron chi connectivity index (χ2n) is 8.25. The van der Waals surface area contributed by atoms with E-state index in [0.29, 0.717) is 11.3 Å². The van der Waals surface area contributed by atoms with Crippen molar-refractivity contribution in [1.29, 1.82) is 0 Å². The number of aromatic amines is 1. The number of nitrogens with one attached hydrogen (secondary N) is 2. The molecule has 0 aliphatic carbocycles. The van der Waals surface area contributed by atoms with Crippen LogP contribution in [0.2, 0.25) is 0 Å². The number of H-pyrrole nitrogens is 1. The van der Waals surface area contributed by atoms with Gasteiger partial charge in [-0.25, -0.2) is 14.3 Å². The minimum absolute atomic E-state index is 0.133. The predicted octanol–water partition coefficient (Wildman–Crippen LogP) is 3.83. The number of carbonyl (C=O) groups is 2. The number of anilines is 1. The predicted molar refractivity (Wildman–Crippen MR) is 140 cm³/mol. The van der Waals surface area contributed by atoms with Crippen molar-refractivity contribution in [2.75, 3.05) is 26.1 Å². The molecule has 4 rings (SSSR count). The van der Waals surface area contributed by atoms with Crippen LogP contribution in [-0.2, 0) is 9.53 Å². The van der Waals surface area contributed by atoms with Crippen LogP contribution >= 0.6 is 11.3 Å². The molecule has 2 atom stereocenters. The fourth-order valence-corrected chi connectivity index (χ4v) is 4.73. The summed E-state index contributed by atoms with van der Waals surface area (Å²) >= 11 is 1.08. The molecular weight excluding hydrogens is 496 g/mol. The highest BCUT2D eigenvalue weighted by Gasteiger charge is 2.33. The van der Waals surface area contributed by atoms with E-state index in [-0.39, 0.29) is 34.8 Å². The number of nitrogens with zero attached hydrogens (tertiary/aromatic N) is 2. The van der Waals surface area contributed by atoms with Gasteiger partial charge in [-0.15, -0.1) is 11.3 Å². The van der Waals surface area contributed by atoms with Gasteiger partial charge in [0.2, 0.25) is 17.6 Å². The Balaban J connectivity index is 1.73. The van der Waals surface area contributed by atoms with Gasteiger partial charge in [-0.1, -0.05) is 37.3 Å². The van der Waals surface area contributed by atoms with Gasteiger partial charge < -0.3 is 24.9 Å². The van der Waals surface area contributed by atoms with E-state index in [2.05, 4.69) is 15.3 Å². The van der Waals surface area contributed by atoms with E-state index in [0.717, 1.165) is 21.5 Å². The molecule has 2 aromatic heterocycles. The van der Waals surface area contributed by atoms with Crippen LogP contribution in [0.15, 0.2) is 64.8 Å². The summed E-state index contributed by atoms with van der Waals surface area (Å²) in [4.78, 5) is 45.7. The number of amides is 1. The van der Waals surface area contributed by atoms with Crippen molar-refractivity contribution in [2.45, 2.75) is 18.9 Å². The second-order valence-corrected chi connectivity index (χ2v) is 9.11. The Morgan fingerprint density at radius 3 is 2.49 bits per heavy atom. The molecule has 0 radical (unpaired) electrons. The molecule has 0 unspecified atom stereocenters. The average Bonchev–Trinajstić information content (AvgIpc) is 3.49. The third-order valence-corrected chi connectivity index (χ3v) is 6.68. The third kappa shape index (κ3) is 5.47. The first kappa shape index (κ1) is 25.9. The van der Waals surface area contributed by atoms with Gasteiger partial charge in [-0.05, 0) is 29.8 Å². The van der Waals surface area contributed by atoms with Crippen LogP contribution < -0.4 is 15.7 Å². The van der Waals surface area contributed by atoms with Gasteiger partial charge in [0, 0.05) is 24.0 Å².